The molecule has 0 aromatic heterocycles. The van der Waals surface area contributed by atoms with E-state index in [1.165, 1.54) is 6.07 Å². The Balaban J connectivity index is 2.70. The highest BCUT2D eigenvalue weighted by atomic mass is 19.1. The zero-order valence-corrected chi connectivity index (χ0v) is 7.76. The quantitative estimate of drug-likeness (QED) is 0.699. The third-order valence-corrected chi connectivity index (χ3v) is 1.94. The molecule has 0 saturated carbocycles. The van der Waals surface area contributed by atoms with Gasteiger partial charge in [-0.1, -0.05) is 0 Å². The fourth-order valence-corrected chi connectivity index (χ4v) is 1.17. The van der Waals surface area contributed by atoms with Gasteiger partial charge in [0.05, 0.1) is 0 Å². The summed E-state index contributed by atoms with van der Waals surface area (Å²) in [6.45, 7) is 1.91. The highest BCUT2D eigenvalue weighted by Gasteiger charge is 2.03. The number of benzene rings is 1. The van der Waals surface area contributed by atoms with Gasteiger partial charge >= 0.3 is 0 Å². The number of halogens is 1. The summed E-state index contributed by atoms with van der Waals surface area (Å²) in [6, 6.07) is 4.72. The van der Waals surface area contributed by atoms with Gasteiger partial charge in [-0.2, -0.15) is 0 Å². The summed E-state index contributed by atoms with van der Waals surface area (Å²) in [7, 11) is 0. The van der Waals surface area contributed by atoms with Gasteiger partial charge in [-0.05, 0) is 43.5 Å². The van der Waals surface area contributed by atoms with Crippen molar-refractivity contribution in [2.75, 3.05) is 5.73 Å². The third kappa shape index (κ3) is 3.03. The third-order valence-electron chi connectivity index (χ3n) is 1.94. The fourth-order valence-electron chi connectivity index (χ4n) is 1.17. The van der Waals surface area contributed by atoms with Gasteiger partial charge < -0.3 is 11.5 Å². The standard InChI is InChI=1S/C10H15FN2/c1-7(12)2-3-8-6-9(13)4-5-10(8)11/h4-7H,2-3,12-13H2,1H3. The lowest BCUT2D eigenvalue weighted by atomic mass is 10.1. The first-order valence-corrected chi connectivity index (χ1v) is 4.39. The summed E-state index contributed by atoms with van der Waals surface area (Å²) in [5.74, 6) is -0.199. The van der Waals surface area contributed by atoms with Gasteiger partial charge in [-0.25, -0.2) is 4.39 Å². The summed E-state index contributed by atoms with van der Waals surface area (Å²) in [4.78, 5) is 0. The number of rotatable bonds is 3. The maximum absolute atomic E-state index is 13.1. The number of aryl methyl sites for hydroxylation is 1. The number of anilines is 1. The van der Waals surface area contributed by atoms with E-state index in [0.29, 0.717) is 17.7 Å². The van der Waals surface area contributed by atoms with Gasteiger partial charge in [-0.15, -0.1) is 0 Å². The van der Waals surface area contributed by atoms with Crippen LogP contribution in [0, 0.1) is 5.82 Å². The highest BCUT2D eigenvalue weighted by Crippen LogP contribution is 2.14. The molecule has 1 aromatic carbocycles. The van der Waals surface area contributed by atoms with Crippen molar-refractivity contribution in [3.05, 3.63) is 29.6 Å². The Morgan fingerprint density at radius 1 is 1.46 bits per heavy atom. The van der Waals surface area contributed by atoms with Crippen molar-refractivity contribution < 1.29 is 4.39 Å². The van der Waals surface area contributed by atoms with E-state index in [9.17, 15) is 4.39 Å². The second kappa shape index (κ2) is 4.23. The highest BCUT2D eigenvalue weighted by molar-refractivity contribution is 5.41. The van der Waals surface area contributed by atoms with E-state index in [0.717, 1.165) is 6.42 Å². The van der Waals surface area contributed by atoms with Gasteiger partial charge in [0.15, 0.2) is 0 Å². The van der Waals surface area contributed by atoms with Gasteiger partial charge in [0.1, 0.15) is 5.82 Å². The number of nitrogens with two attached hydrogens (primary N) is 2. The van der Waals surface area contributed by atoms with Crippen LogP contribution >= 0.6 is 0 Å². The topological polar surface area (TPSA) is 52.0 Å². The molecule has 0 radical (unpaired) electrons. The molecular formula is C10H15FN2. The van der Waals surface area contributed by atoms with Crippen LogP contribution in [0.3, 0.4) is 0 Å². The van der Waals surface area contributed by atoms with Gasteiger partial charge in [0.25, 0.3) is 0 Å². The molecule has 1 rings (SSSR count). The average molecular weight is 182 g/mol. The molecule has 13 heavy (non-hydrogen) atoms. The molecule has 0 amide bonds. The lowest BCUT2D eigenvalue weighted by molar-refractivity contribution is 0.591. The van der Waals surface area contributed by atoms with Gasteiger partial charge in [-0.3, -0.25) is 0 Å². The Labute approximate surface area is 77.7 Å². The van der Waals surface area contributed by atoms with Crippen LogP contribution < -0.4 is 11.5 Å². The van der Waals surface area contributed by atoms with Crippen LogP contribution in [-0.4, -0.2) is 6.04 Å². The molecule has 1 aromatic rings. The summed E-state index contributed by atoms with van der Waals surface area (Å²) < 4.78 is 13.1. The van der Waals surface area contributed by atoms with Crippen molar-refractivity contribution in [1.29, 1.82) is 0 Å². The molecule has 3 heteroatoms. The van der Waals surface area contributed by atoms with E-state index in [2.05, 4.69) is 0 Å². The molecule has 2 nitrogen and oxygen atoms in total. The number of nitrogen functional groups attached to an aromatic ring is 1. The van der Waals surface area contributed by atoms with Crippen molar-refractivity contribution in [2.45, 2.75) is 25.8 Å². The van der Waals surface area contributed by atoms with Crippen LogP contribution in [0.4, 0.5) is 10.1 Å². The van der Waals surface area contributed by atoms with E-state index in [-0.39, 0.29) is 11.9 Å². The second-order valence-corrected chi connectivity index (χ2v) is 3.37. The fraction of sp³-hybridized carbons (Fsp3) is 0.400. The SMILES string of the molecule is CC(N)CCc1cc(N)ccc1F. The Morgan fingerprint density at radius 3 is 2.77 bits per heavy atom. The molecule has 0 bridgehead atoms. The molecule has 1 atom stereocenters. The van der Waals surface area contributed by atoms with Crippen LogP contribution in [0.15, 0.2) is 18.2 Å². The van der Waals surface area contributed by atoms with Crippen molar-refractivity contribution >= 4 is 5.69 Å². The maximum Gasteiger partial charge on any atom is 0.126 e. The van der Waals surface area contributed by atoms with Crippen molar-refractivity contribution in [3.8, 4) is 0 Å². The van der Waals surface area contributed by atoms with Crippen molar-refractivity contribution in [1.82, 2.24) is 0 Å². The lowest BCUT2D eigenvalue weighted by Crippen LogP contribution is -2.15. The molecule has 0 saturated heterocycles. The monoisotopic (exact) mass is 182 g/mol. The smallest absolute Gasteiger partial charge is 0.126 e. The zero-order chi connectivity index (χ0) is 9.84. The predicted molar refractivity (Wildman–Crippen MR) is 52.8 cm³/mol. The van der Waals surface area contributed by atoms with Crippen LogP contribution in [-0.2, 0) is 6.42 Å². The Hall–Kier alpha value is -1.09. The van der Waals surface area contributed by atoms with Crippen molar-refractivity contribution in [3.63, 3.8) is 0 Å². The van der Waals surface area contributed by atoms with Crippen LogP contribution in [0.1, 0.15) is 18.9 Å². The van der Waals surface area contributed by atoms with Crippen LogP contribution in [0.25, 0.3) is 0 Å². The van der Waals surface area contributed by atoms with E-state index in [1.807, 2.05) is 6.92 Å². The molecule has 1 unspecified atom stereocenters. The summed E-state index contributed by atoms with van der Waals surface area (Å²) in [5.41, 5.74) is 12.4. The Kier molecular flexibility index (Phi) is 3.25. The van der Waals surface area contributed by atoms with Crippen molar-refractivity contribution in [2.24, 2.45) is 5.73 Å². The molecule has 72 valence electrons. The van der Waals surface area contributed by atoms with E-state index >= 15 is 0 Å². The Bertz CT molecular complexity index is 284. The van der Waals surface area contributed by atoms with Crippen LogP contribution in [0.5, 0.6) is 0 Å². The lowest BCUT2D eigenvalue weighted by Gasteiger charge is -2.06. The average Bonchev–Trinajstić information content (AvgIpc) is 2.06. The number of hydrogen-bond donors (Lipinski definition) is 2. The second-order valence-electron chi connectivity index (χ2n) is 3.37. The van der Waals surface area contributed by atoms with Crippen LogP contribution in [0.2, 0.25) is 0 Å². The first kappa shape index (κ1) is 9.99. The molecule has 0 aliphatic rings. The van der Waals surface area contributed by atoms with Gasteiger partial charge in [0, 0.05) is 11.7 Å². The molecule has 0 fully saturated rings. The minimum atomic E-state index is -0.199. The first-order chi connectivity index (χ1) is 6.09. The molecule has 0 heterocycles. The van der Waals surface area contributed by atoms with E-state index in [1.54, 1.807) is 12.1 Å². The largest absolute Gasteiger partial charge is 0.399 e. The first-order valence-electron chi connectivity index (χ1n) is 4.39. The molecule has 0 aliphatic carbocycles. The molecular weight excluding hydrogens is 167 g/mol. The predicted octanol–water partition coefficient (Wildman–Crippen LogP) is 1.69. The molecule has 0 aliphatic heterocycles. The number of hydrogen-bond acceptors (Lipinski definition) is 2. The summed E-state index contributed by atoms with van der Waals surface area (Å²) in [6.07, 6.45) is 1.43. The minimum Gasteiger partial charge on any atom is -0.399 e. The molecule has 4 N–H and O–H groups in total. The Morgan fingerprint density at radius 2 is 2.15 bits per heavy atom. The normalized spacial score (nSPS) is 12.8. The summed E-state index contributed by atoms with van der Waals surface area (Å²) >= 11 is 0. The van der Waals surface area contributed by atoms with E-state index < -0.39 is 0 Å². The summed E-state index contributed by atoms with van der Waals surface area (Å²) in [5, 5.41) is 0. The van der Waals surface area contributed by atoms with E-state index in [4.69, 9.17) is 11.5 Å². The molecule has 0 spiro atoms. The maximum atomic E-state index is 13.1. The minimum absolute atomic E-state index is 0.0980. The van der Waals surface area contributed by atoms with Gasteiger partial charge in [0.2, 0.25) is 0 Å². The zero-order valence-electron chi connectivity index (χ0n) is 7.76.